The highest BCUT2D eigenvalue weighted by Gasteiger charge is 2.10. The molecule has 0 aliphatic heterocycles. The van der Waals surface area contributed by atoms with Gasteiger partial charge in [0.1, 0.15) is 11.8 Å². The van der Waals surface area contributed by atoms with Gasteiger partial charge in [-0.3, -0.25) is 4.79 Å². The van der Waals surface area contributed by atoms with E-state index in [1.54, 1.807) is 25.3 Å². The molecule has 2 aromatic heterocycles. The standard InChI is InChI=1S/C17H20N6O/c1-4-23-11-21-14-15(19-10-20-16(14)23)18-9-12-6-5-7-13(8-12)17(24)22(2)3/h5-8,10-11H,4,9H2,1-3H3,(H,18,19,20). The summed E-state index contributed by atoms with van der Waals surface area (Å²) in [5, 5.41) is 3.28. The molecule has 0 aliphatic carbocycles. The lowest BCUT2D eigenvalue weighted by atomic mass is 10.1. The van der Waals surface area contributed by atoms with E-state index in [1.807, 2.05) is 35.8 Å². The monoisotopic (exact) mass is 324 g/mol. The van der Waals surface area contributed by atoms with E-state index in [4.69, 9.17) is 0 Å². The number of rotatable bonds is 5. The number of hydrogen-bond acceptors (Lipinski definition) is 5. The second kappa shape index (κ2) is 6.66. The molecule has 3 rings (SSSR count). The Labute approximate surface area is 140 Å². The van der Waals surface area contributed by atoms with Gasteiger partial charge in [0.15, 0.2) is 11.5 Å². The summed E-state index contributed by atoms with van der Waals surface area (Å²) in [7, 11) is 3.49. The van der Waals surface area contributed by atoms with Gasteiger partial charge in [0, 0.05) is 32.7 Å². The van der Waals surface area contributed by atoms with Crippen molar-refractivity contribution in [3.8, 4) is 0 Å². The SMILES string of the molecule is CCn1cnc2c(NCc3cccc(C(=O)N(C)C)c3)ncnc21. The predicted octanol–water partition coefficient (Wildman–Crippen LogP) is 2.16. The van der Waals surface area contributed by atoms with Gasteiger partial charge in [0.2, 0.25) is 0 Å². The summed E-state index contributed by atoms with van der Waals surface area (Å²) in [4.78, 5) is 26.6. The summed E-state index contributed by atoms with van der Waals surface area (Å²) >= 11 is 0. The van der Waals surface area contributed by atoms with Crippen molar-refractivity contribution in [2.75, 3.05) is 19.4 Å². The summed E-state index contributed by atoms with van der Waals surface area (Å²) in [6.07, 6.45) is 3.30. The van der Waals surface area contributed by atoms with E-state index in [9.17, 15) is 4.79 Å². The molecular formula is C17H20N6O. The van der Waals surface area contributed by atoms with Gasteiger partial charge in [0.05, 0.1) is 6.33 Å². The summed E-state index contributed by atoms with van der Waals surface area (Å²) in [5.41, 5.74) is 3.23. The molecule has 0 bridgehead atoms. The molecule has 0 saturated carbocycles. The zero-order chi connectivity index (χ0) is 17.1. The second-order valence-electron chi connectivity index (χ2n) is 5.68. The van der Waals surface area contributed by atoms with Crippen LogP contribution in [0.5, 0.6) is 0 Å². The highest BCUT2D eigenvalue weighted by Crippen LogP contribution is 2.18. The smallest absolute Gasteiger partial charge is 0.253 e. The number of hydrogen-bond donors (Lipinski definition) is 1. The Kier molecular flexibility index (Phi) is 4.41. The van der Waals surface area contributed by atoms with Gasteiger partial charge in [-0.15, -0.1) is 0 Å². The quantitative estimate of drug-likeness (QED) is 0.778. The van der Waals surface area contributed by atoms with Crippen molar-refractivity contribution in [3.63, 3.8) is 0 Å². The van der Waals surface area contributed by atoms with E-state index in [-0.39, 0.29) is 5.91 Å². The van der Waals surface area contributed by atoms with Gasteiger partial charge in [-0.2, -0.15) is 0 Å². The lowest BCUT2D eigenvalue weighted by Gasteiger charge is -2.11. The first-order chi connectivity index (χ1) is 11.6. The Morgan fingerprint density at radius 2 is 2.08 bits per heavy atom. The third-order valence-corrected chi connectivity index (χ3v) is 3.78. The molecule has 1 amide bonds. The molecule has 7 heteroatoms. The van der Waals surface area contributed by atoms with Gasteiger partial charge in [0.25, 0.3) is 5.91 Å². The van der Waals surface area contributed by atoms with Gasteiger partial charge in [-0.25, -0.2) is 15.0 Å². The maximum Gasteiger partial charge on any atom is 0.253 e. The number of benzene rings is 1. The number of fused-ring (bicyclic) bond motifs is 1. The number of nitrogens with zero attached hydrogens (tertiary/aromatic N) is 5. The van der Waals surface area contributed by atoms with Crippen LogP contribution in [0, 0.1) is 0 Å². The third kappa shape index (κ3) is 3.05. The number of amides is 1. The van der Waals surface area contributed by atoms with E-state index in [0.717, 1.165) is 23.3 Å². The van der Waals surface area contributed by atoms with Crippen molar-refractivity contribution >= 4 is 22.9 Å². The first-order valence-corrected chi connectivity index (χ1v) is 7.80. The minimum atomic E-state index is -0.0111. The second-order valence-corrected chi connectivity index (χ2v) is 5.68. The number of aromatic nitrogens is 4. The van der Waals surface area contributed by atoms with Crippen LogP contribution in [0.1, 0.15) is 22.8 Å². The van der Waals surface area contributed by atoms with Crippen LogP contribution >= 0.6 is 0 Å². The van der Waals surface area contributed by atoms with Crippen molar-refractivity contribution in [1.82, 2.24) is 24.4 Å². The summed E-state index contributed by atoms with van der Waals surface area (Å²) in [6.45, 7) is 3.41. The van der Waals surface area contributed by atoms with Crippen LogP contribution < -0.4 is 5.32 Å². The molecule has 3 aromatic rings. The van der Waals surface area contributed by atoms with Crippen molar-refractivity contribution in [1.29, 1.82) is 0 Å². The molecule has 0 aliphatic rings. The first kappa shape index (κ1) is 15.9. The molecule has 24 heavy (non-hydrogen) atoms. The minimum Gasteiger partial charge on any atom is -0.364 e. The molecule has 0 radical (unpaired) electrons. The number of aryl methyl sites for hydroxylation is 1. The predicted molar refractivity (Wildman–Crippen MR) is 92.8 cm³/mol. The van der Waals surface area contributed by atoms with Crippen LogP contribution in [0.25, 0.3) is 11.2 Å². The third-order valence-electron chi connectivity index (χ3n) is 3.78. The van der Waals surface area contributed by atoms with Crippen LogP contribution in [0.2, 0.25) is 0 Å². The van der Waals surface area contributed by atoms with Crippen molar-refractivity contribution in [2.24, 2.45) is 0 Å². The number of imidazole rings is 1. The molecule has 2 heterocycles. The highest BCUT2D eigenvalue weighted by atomic mass is 16.2. The Hall–Kier alpha value is -2.96. The number of carbonyl (C=O) groups excluding carboxylic acids is 1. The molecule has 1 aromatic carbocycles. The zero-order valence-corrected chi connectivity index (χ0v) is 14.0. The fourth-order valence-corrected chi connectivity index (χ4v) is 2.50. The topological polar surface area (TPSA) is 75.9 Å². The van der Waals surface area contributed by atoms with Crippen LogP contribution in [-0.2, 0) is 13.1 Å². The molecule has 0 fully saturated rings. The number of nitrogens with one attached hydrogen (secondary N) is 1. The van der Waals surface area contributed by atoms with E-state index < -0.39 is 0 Å². The van der Waals surface area contributed by atoms with Gasteiger partial charge in [-0.1, -0.05) is 12.1 Å². The van der Waals surface area contributed by atoms with Gasteiger partial charge >= 0.3 is 0 Å². The first-order valence-electron chi connectivity index (χ1n) is 7.80. The number of anilines is 1. The Morgan fingerprint density at radius 3 is 2.83 bits per heavy atom. The Balaban J connectivity index is 1.80. The molecular weight excluding hydrogens is 304 g/mol. The molecule has 0 atom stereocenters. The summed E-state index contributed by atoms with van der Waals surface area (Å²) in [5.74, 6) is 0.680. The van der Waals surface area contributed by atoms with Crippen LogP contribution in [0.3, 0.4) is 0 Å². The lowest BCUT2D eigenvalue weighted by Crippen LogP contribution is -2.21. The van der Waals surface area contributed by atoms with Crippen molar-refractivity contribution in [3.05, 3.63) is 48.0 Å². The molecule has 1 N–H and O–H groups in total. The van der Waals surface area contributed by atoms with Crippen LogP contribution in [-0.4, -0.2) is 44.4 Å². The van der Waals surface area contributed by atoms with E-state index in [0.29, 0.717) is 17.9 Å². The fraction of sp³-hybridized carbons (Fsp3) is 0.294. The largest absolute Gasteiger partial charge is 0.364 e. The summed E-state index contributed by atoms with van der Waals surface area (Å²) in [6, 6.07) is 7.56. The molecule has 124 valence electrons. The Bertz CT molecular complexity index is 870. The Morgan fingerprint density at radius 1 is 1.25 bits per heavy atom. The molecule has 7 nitrogen and oxygen atoms in total. The normalized spacial score (nSPS) is 10.8. The molecule has 0 unspecified atom stereocenters. The maximum atomic E-state index is 12.1. The number of carbonyl (C=O) groups is 1. The average Bonchev–Trinajstić information content (AvgIpc) is 3.03. The van der Waals surface area contributed by atoms with E-state index >= 15 is 0 Å². The van der Waals surface area contributed by atoms with E-state index in [1.165, 1.54) is 6.33 Å². The van der Waals surface area contributed by atoms with Gasteiger partial charge in [-0.05, 0) is 24.6 Å². The molecule has 0 saturated heterocycles. The lowest BCUT2D eigenvalue weighted by molar-refractivity contribution is 0.0827. The molecule has 0 spiro atoms. The van der Waals surface area contributed by atoms with Crippen molar-refractivity contribution in [2.45, 2.75) is 20.0 Å². The highest BCUT2D eigenvalue weighted by molar-refractivity contribution is 5.94. The summed E-state index contributed by atoms with van der Waals surface area (Å²) < 4.78 is 1.97. The van der Waals surface area contributed by atoms with Gasteiger partial charge < -0.3 is 14.8 Å². The minimum absolute atomic E-state index is 0.0111. The fourth-order valence-electron chi connectivity index (χ4n) is 2.50. The van der Waals surface area contributed by atoms with E-state index in [2.05, 4.69) is 20.3 Å². The average molecular weight is 324 g/mol. The van der Waals surface area contributed by atoms with Crippen LogP contribution in [0.4, 0.5) is 5.82 Å². The zero-order valence-electron chi connectivity index (χ0n) is 14.0. The van der Waals surface area contributed by atoms with Crippen molar-refractivity contribution < 1.29 is 4.79 Å². The maximum absolute atomic E-state index is 12.1. The van der Waals surface area contributed by atoms with Crippen LogP contribution in [0.15, 0.2) is 36.9 Å².